The van der Waals surface area contributed by atoms with E-state index >= 15 is 0 Å². The minimum Gasteiger partial charge on any atom is -0.459 e. The van der Waals surface area contributed by atoms with E-state index in [-0.39, 0.29) is 16.7 Å². The van der Waals surface area contributed by atoms with Crippen molar-refractivity contribution in [2.45, 2.75) is 31.0 Å². The first-order valence-corrected chi connectivity index (χ1v) is 13.5. The lowest BCUT2D eigenvalue weighted by Gasteiger charge is -2.33. The summed E-state index contributed by atoms with van der Waals surface area (Å²) in [6.07, 6.45) is -4.07. The summed E-state index contributed by atoms with van der Waals surface area (Å²) in [6, 6.07) is 32.8. The topological polar surface area (TPSA) is 114 Å². The lowest BCUT2D eigenvalue weighted by Crippen LogP contribution is -2.53. The normalized spacial score (nSPS) is 20.9. The molecular formula is C34H28O9. The molecule has 0 saturated carbocycles. The highest BCUT2D eigenvalue weighted by Crippen LogP contribution is 2.39. The smallest absolute Gasteiger partial charge is 0.340 e. The molecule has 5 rings (SSSR count). The number of esters is 4. The van der Waals surface area contributed by atoms with E-state index in [2.05, 4.69) is 0 Å². The zero-order valence-electron chi connectivity index (χ0n) is 23.2. The van der Waals surface area contributed by atoms with Gasteiger partial charge in [-0.25, -0.2) is 19.2 Å². The van der Waals surface area contributed by atoms with Crippen LogP contribution in [0.2, 0.25) is 0 Å². The molecule has 1 fully saturated rings. The van der Waals surface area contributed by atoms with Crippen LogP contribution in [-0.2, 0) is 23.7 Å². The summed E-state index contributed by atoms with van der Waals surface area (Å²) in [5, 5.41) is 0. The van der Waals surface area contributed by atoms with Gasteiger partial charge in [-0.15, -0.1) is 0 Å². The molecule has 0 aromatic heterocycles. The van der Waals surface area contributed by atoms with E-state index in [0.29, 0.717) is 5.56 Å². The molecule has 1 unspecified atom stereocenters. The molecule has 0 bridgehead atoms. The maximum absolute atomic E-state index is 13.3. The van der Waals surface area contributed by atoms with Gasteiger partial charge in [0.2, 0.25) is 11.9 Å². The molecule has 4 aromatic rings. The van der Waals surface area contributed by atoms with Gasteiger partial charge < -0.3 is 23.7 Å². The minimum atomic E-state index is -1.86. The summed E-state index contributed by atoms with van der Waals surface area (Å²) in [5.41, 5.74) is -0.901. The van der Waals surface area contributed by atoms with E-state index < -0.39 is 54.6 Å². The molecule has 9 heteroatoms. The van der Waals surface area contributed by atoms with Crippen molar-refractivity contribution in [1.29, 1.82) is 0 Å². The quantitative estimate of drug-likeness (QED) is 0.193. The number of hydrogen-bond donors (Lipinski definition) is 0. The van der Waals surface area contributed by atoms with E-state index in [1.807, 2.05) is 0 Å². The lowest BCUT2D eigenvalue weighted by atomic mass is 9.96. The predicted molar refractivity (Wildman–Crippen MR) is 153 cm³/mol. The third kappa shape index (κ3) is 6.79. The van der Waals surface area contributed by atoms with E-state index in [9.17, 15) is 19.2 Å². The monoisotopic (exact) mass is 580 g/mol. The number of carbonyl (C=O) groups is 4. The highest BCUT2D eigenvalue weighted by Gasteiger charge is 2.61. The number of rotatable bonds is 9. The van der Waals surface area contributed by atoms with Gasteiger partial charge >= 0.3 is 23.9 Å². The van der Waals surface area contributed by atoms with E-state index in [1.54, 1.807) is 121 Å². The fraction of sp³-hybridized carbons (Fsp3) is 0.176. The van der Waals surface area contributed by atoms with Crippen LogP contribution in [0.1, 0.15) is 48.4 Å². The summed E-state index contributed by atoms with van der Waals surface area (Å²) in [4.78, 5) is 52.5. The highest BCUT2D eigenvalue weighted by atomic mass is 16.8. The van der Waals surface area contributed by atoms with Crippen LogP contribution in [0.3, 0.4) is 0 Å². The molecule has 0 amide bonds. The Bertz CT molecular complexity index is 1560. The first-order valence-electron chi connectivity index (χ1n) is 13.5. The summed E-state index contributed by atoms with van der Waals surface area (Å²) < 4.78 is 29.1. The molecule has 0 spiro atoms. The molecular weight excluding hydrogens is 552 g/mol. The van der Waals surface area contributed by atoms with Crippen molar-refractivity contribution < 1.29 is 42.9 Å². The van der Waals surface area contributed by atoms with Crippen molar-refractivity contribution in [2.24, 2.45) is 0 Å². The third-order valence-electron chi connectivity index (χ3n) is 6.85. The number of benzene rings is 4. The molecule has 218 valence electrons. The average Bonchev–Trinajstić information content (AvgIpc) is 3.30. The Morgan fingerprint density at radius 1 is 0.581 bits per heavy atom. The van der Waals surface area contributed by atoms with Crippen LogP contribution >= 0.6 is 0 Å². The molecule has 1 heterocycles. The average molecular weight is 581 g/mol. The second-order valence-corrected chi connectivity index (χ2v) is 9.87. The number of hydrogen-bond acceptors (Lipinski definition) is 9. The van der Waals surface area contributed by atoms with Gasteiger partial charge in [0.1, 0.15) is 12.7 Å². The van der Waals surface area contributed by atoms with Crippen LogP contribution in [0.4, 0.5) is 0 Å². The molecule has 4 aromatic carbocycles. The van der Waals surface area contributed by atoms with Crippen LogP contribution < -0.4 is 0 Å². The number of carbonyl (C=O) groups excluding carboxylic acids is 4. The second kappa shape index (κ2) is 13.1. The van der Waals surface area contributed by atoms with Gasteiger partial charge in [-0.2, -0.15) is 0 Å². The summed E-state index contributed by atoms with van der Waals surface area (Å²) in [5.74, 6) is -2.92. The molecule has 43 heavy (non-hydrogen) atoms. The predicted octanol–water partition coefficient (Wildman–Crippen LogP) is 5.27. The van der Waals surface area contributed by atoms with Gasteiger partial charge in [0.25, 0.3) is 0 Å². The Labute approximate surface area is 247 Å². The molecule has 9 nitrogen and oxygen atoms in total. The van der Waals surface area contributed by atoms with Gasteiger partial charge in [-0.1, -0.05) is 72.8 Å². The second-order valence-electron chi connectivity index (χ2n) is 9.87. The Morgan fingerprint density at radius 3 is 1.44 bits per heavy atom. The molecule has 1 saturated heterocycles. The highest BCUT2D eigenvalue weighted by molar-refractivity contribution is 5.91. The third-order valence-corrected chi connectivity index (χ3v) is 6.85. The van der Waals surface area contributed by atoms with Crippen molar-refractivity contribution in [1.82, 2.24) is 0 Å². The van der Waals surface area contributed by atoms with Crippen LogP contribution in [0, 0.1) is 0 Å². The molecule has 1 aliphatic heterocycles. The molecule has 0 radical (unpaired) electrons. The minimum absolute atomic E-state index is 0.212. The van der Waals surface area contributed by atoms with E-state index in [0.717, 1.165) is 0 Å². The van der Waals surface area contributed by atoms with Crippen molar-refractivity contribution in [2.75, 3.05) is 6.61 Å². The maximum atomic E-state index is 13.3. The van der Waals surface area contributed by atoms with E-state index in [4.69, 9.17) is 23.7 Å². The number of ether oxygens (including phenoxy) is 5. The fourth-order valence-corrected chi connectivity index (χ4v) is 4.58. The molecule has 0 N–H and O–H groups in total. The first kappa shape index (κ1) is 29.2. The maximum Gasteiger partial charge on any atom is 0.340 e. The fourth-order valence-electron chi connectivity index (χ4n) is 4.58. The molecule has 4 atom stereocenters. The standard InChI is InChI=1S/C34H28O9/c1-34(43-32(38)26-20-12-5-13-21-26)28(41-30(36)24-16-8-3-9-17-24)27(22-39-29(35)23-14-6-2-7-15-23)40-33(34)42-31(37)25-18-10-4-11-19-25/h2-21,27-28,33H,22H2,1H3/t27-,28-,33?,34-/m1/s1. The van der Waals surface area contributed by atoms with Crippen LogP contribution in [0.15, 0.2) is 121 Å². The summed E-state index contributed by atoms with van der Waals surface area (Å²) >= 11 is 0. The van der Waals surface area contributed by atoms with Crippen molar-refractivity contribution >= 4 is 23.9 Å². The van der Waals surface area contributed by atoms with Gasteiger partial charge in [0, 0.05) is 0 Å². The zero-order chi connectivity index (χ0) is 30.2. The van der Waals surface area contributed by atoms with Crippen molar-refractivity contribution in [3.63, 3.8) is 0 Å². The zero-order valence-corrected chi connectivity index (χ0v) is 23.2. The summed E-state index contributed by atoms with van der Waals surface area (Å²) in [6.45, 7) is 1.04. The SMILES string of the molecule is C[C@]1(OC(=O)c2ccccc2)C(OC(=O)c2ccccc2)O[C@H](COC(=O)c2ccccc2)[C@H]1OC(=O)c1ccccc1. The Hall–Kier alpha value is -5.28. The van der Waals surface area contributed by atoms with Crippen LogP contribution in [0.25, 0.3) is 0 Å². The van der Waals surface area contributed by atoms with Gasteiger partial charge in [-0.3, -0.25) is 0 Å². The van der Waals surface area contributed by atoms with E-state index in [1.165, 1.54) is 6.92 Å². The lowest BCUT2D eigenvalue weighted by molar-refractivity contribution is -0.175. The Kier molecular flexibility index (Phi) is 8.93. The van der Waals surface area contributed by atoms with Crippen molar-refractivity contribution in [3.05, 3.63) is 144 Å². The molecule has 0 aliphatic carbocycles. The summed E-state index contributed by atoms with van der Waals surface area (Å²) in [7, 11) is 0. The first-order chi connectivity index (χ1) is 20.8. The largest absolute Gasteiger partial charge is 0.459 e. The van der Waals surface area contributed by atoms with Gasteiger partial charge in [0.15, 0.2) is 6.10 Å². The van der Waals surface area contributed by atoms with Crippen LogP contribution in [0.5, 0.6) is 0 Å². The Morgan fingerprint density at radius 2 is 0.977 bits per heavy atom. The molecule has 1 aliphatic rings. The Balaban J connectivity index is 1.48. The van der Waals surface area contributed by atoms with Crippen molar-refractivity contribution in [3.8, 4) is 0 Å². The van der Waals surface area contributed by atoms with Crippen LogP contribution in [-0.4, -0.2) is 54.6 Å². The van der Waals surface area contributed by atoms with Gasteiger partial charge in [0.05, 0.1) is 22.3 Å². The van der Waals surface area contributed by atoms with Gasteiger partial charge in [-0.05, 0) is 55.5 Å².